The summed E-state index contributed by atoms with van der Waals surface area (Å²) in [6.45, 7) is 3.49. The van der Waals surface area contributed by atoms with Gasteiger partial charge in [-0.05, 0) is 18.1 Å². The highest BCUT2D eigenvalue weighted by atomic mass is 32.1. The lowest BCUT2D eigenvalue weighted by molar-refractivity contribution is 0.0946. The molecule has 1 amide bonds. The molecule has 2 aromatic heterocycles. The van der Waals surface area contributed by atoms with Crippen LogP contribution in [0, 0.1) is 0 Å². The predicted octanol–water partition coefficient (Wildman–Crippen LogP) is 2.68. The maximum absolute atomic E-state index is 11.9. The zero-order valence-corrected chi connectivity index (χ0v) is 12.2. The number of anilines is 1. The van der Waals surface area contributed by atoms with E-state index in [1.54, 1.807) is 17.8 Å². The summed E-state index contributed by atoms with van der Waals surface area (Å²) >= 11 is 1.45. The summed E-state index contributed by atoms with van der Waals surface area (Å²) in [5, 5.41) is 8.61. The van der Waals surface area contributed by atoms with E-state index in [0.717, 1.165) is 30.1 Å². The average molecular weight is 290 g/mol. The molecule has 2 heterocycles. The quantitative estimate of drug-likeness (QED) is 0.769. The van der Waals surface area contributed by atoms with Crippen molar-refractivity contribution < 1.29 is 4.79 Å². The average Bonchev–Trinajstić information content (AvgIpc) is 2.95. The van der Waals surface area contributed by atoms with Crippen molar-refractivity contribution in [3.05, 3.63) is 41.2 Å². The molecule has 0 bridgehead atoms. The van der Waals surface area contributed by atoms with Crippen LogP contribution in [0.25, 0.3) is 0 Å². The zero-order chi connectivity index (χ0) is 14.2. The number of pyridine rings is 1. The molecule has 0 fully saturated rings. The number of amides is 1. The van der Waals surface area contributed by atoms with Gasteiger partial charge in [0.05, 0.1) is 0 Å². The molecule has 0 aliphatic carbocycles. The van der Waals surface area contributed by atoms with Crippen molar-refractivity contribution in [3.63, 3.8) is 0 Å². The predicted molar refractivity (Wildman–Crippen MR) is 80.9 cm³/mol. The van der Waals surface area contributed by atoms with E-state index in [9.17, 15) is 4.79 Å². The van der Waals surface area contributed by atoms with Gasteiger partial charge in [0.2, 0.25) is 0 Å². The summed E-state index contributed by atoms with van der Waals surface area (Å²) in [5.74, 6) is -0.159. The van der Waals surface area contributed by atoms with Gasteiger partial charge >= 0.3 is 0 Å². The van der Waals surface area contributed by atoms with Crippen LogP contribution in [0.1, 0.15) is 35.8 Å². The Morgan fingerprint density at radius 3 is 3.10 bits per heavy atom. The molecule has 5 nitrogen and oxygen atoms in total. The van der Waals surface area contributed by atoms with Crippen molar-refractivity contribution >= 4 is 22.4 Å². The summed E-state index contributed by atoms with van der Waals surface area (Å²) in [6.07, 6.45) is 5.68. The minimum absolute atomic E-state index is 0.159. The lowest BCUT2D eigenvalue weighted by Gasteiger charge is -2.02. The van der Waals surface area contributed by atoms with Crippen molar-refractivity contribution in [2.75, 3.05) is 11.9 Å². The van der Waals surface area contributed by atoms with Crippen molar-refractivity contribution in [3.8, 4) is 0 Å². The van der Waals surface area contributed by atoms with E-state index < -0.39 is 0 Å². The van der Waals surface area contributed by atoms with Crippen molar-refractivity contribution in [1.29, 1.82) is 0 Å². The molecular formula is C14H18N4OS. The van der Waals surface area contributed by atoms with Gasteiger partial charge in [-0.2, -0.15) is 0 Å². The minimum atomic E-state index is -0.159. The first-order valence-corrected chi connectivity index (χ1v) is 7.54. The first kappa shape index (κ1) is 14.5. The van der Waals surface area contributed by atoms with E-state index in [-0.39, 0.29) is 5.91 Å². The normalized spacial score (nSPS) is 10.2. The second-order valence-electron chi connectivity index (χ2n) is 4.36. The Hall–Kier alpha value is -1.95. The Labute approximate surface area is 122 Å². The van der Waals surface area contributed by atoms with Gasteiger partial charge in [0.15, 0.2) is 5.13 Å². The fourth-order valence-electron chi connectivity index (χ4n) is 1.61. The van der Waals surface area contributed by atoms with Crippen LogP contribution in [-0.4, -0.2) is 22.4 Å². The summed E-state index contributed by atoms with van der Waals surface area (Å²) in [7, 11) is 0. The number of nitrogens with one attached hydrogen (secondary N) is 2. The fourth-order valence-corrected chi connectivity index (χ4v) is 2.33. The summed E-state index contributed by atoms with van der Waals surface area (Å²) < 4.78 is 0. The molecule has 2 N–H and O–H groups in total. The van der Waals surface area contributed by atoms with Gasteiger partial charge in [0.25, 0.3) is 5.91 Å². The highest BCUT2D eigenvalue weighted by Gasteiger charge is 2.10. The first-order valence-electron chi connectivity index (χ1n) is 6.66. The monoisotopic (exact) mass is 290 g/mol. The lowest BCUT2D eigenvalue weighted by atomic mass is 10.3. The summed E-state index contributed by atoms with van der Waals surface area (Å²) in [6, 6.07) is 3.77. The van der Waals surface area contributed by atoms with Crippen LogP contribution >= 0.6 is 11.3 Å². The van der Waals surface area contributed by atoms with E-state index in [1.165, 1.54) is 11.3 Å². The molecule has 0 atom stereocenters. The number of aromatic nitrogens is 2. The first-order chi connectivity index (χ1) is 9.79. The smallest absolute Gasteiger partial charge is 0.271 e. The lowest BCUT2D eigenvalue weighted by Crippen LogP contribution is -2.23. The topological polar surface area (TPSA) is 66.9 Å². The van der Waals surface area contributed by atoms with Crippen molar-refractivity contribution in [2.45, 2.75) is 26.3 Å². The largest absolute Gasteiger partial charge is 0.362 e. The van der Waals surface area contributed by atoms with E-state index in [4.69, 9.17) is 0 Å². The fraction of sp³-hybridized carbons (Fsp3) is 0.357. The molecule has 0 aromatic carbocycles. The van der Waals surface area contributed by atoms with E-state index in [0.29, 0.717) is 12.2 Å². The Balaban J connectivity index is 1.83. The van der Waals surface area contributed by atoms with Gasteiger partial charge in [-0.3, -0.25) is 9.78 Å². The van der Waals surface area contributed by atoms with Crippen LogP contribution in [0.2, 0.25) is 0 Å². The number of rotatable bonds is 7. The number of hydrogen-bond donors (Lipinski definition) is 2. The number of nitrogens with zero attached hydrogens (tertiary/aromatic N) is 2. The van der Waals surface area contributed by atoms with Gasteiger partial charge in [0.1, 0.15) is 5.69 Å². The molecule has 0 aliphatic rings. The van der Waals surface area contributed by atoms with Gasteiger partial charge in [-0.25, -0.2) is 4.98 Å². The Morgan fingerprint density at radius 1 is 1.45 bits per heavy atom. The van der Waals surface area contributed by atoms with Crippen LogP contribution in [0.4, 0.5) is 5.13 Å². The maximum atomic E-state index is 11.9. The third kappa shape index (κ3) is 4.31. The third-order valence-electron chi connectivity index (χ3n) is 2.72. The molecule has 6 heteroatoms. The molecule has 0 unspecified atom stereocenters. The van der Waals surface area contributed by atoms with E-state index in [1.807, 2.05) is 12.1 Å². The third-order valence-corrected chi connectivity index (χ3v) is 3.52. The number of carbonyl (C=O) groups is 1. The second-order valence-corrected chi connectivity index (χ2v) is 5.22. The minimum Gasteiger partial charge on any atom is -0.362 e. The van der Waals surface area contributed by atoms with Gasteiger partial charge in [-0.15, -0.1) is 11.3 Å². The Morgan fingerprint density at radius 2 is 2.35 bits per heavy atom. The maximum Gasteiger partial charge on any atom is 0.271 e. The number of carbonyl (C=O) groups excluding carboxylic acids is 1. The van der Waals surface area contributed by atoms with Crippen molar-refractivity contribution in [1.82, 2.24) is 15.3 Å². The highest BCUT2D eigenvalue weighted by molar-refractivity contribution is 7.13. The molecule has 0 saturated carbocycles. The van der Waals surface area contributed by atoms with Crippen molar-refractivity contribution in [2.24, 2.45) is 0 Å². The van der Waals surface area contributed by atoms with Crippen LogP contribution in [0.15, 0.2) is 29.9 Å². The standard InChI is InChI=1S/C14H18N4OS/c1-2-3-7-16-14-18-12(10-20-14)13(19)17-9-11-5-4-6-15-8-11/h4-6,8,10H,2-3,7,9H2,1H3,(H,16,18)(H,17,19). The molecule has 0 saturated heterocycles. The second kappa shape index (κ2) is 7.59. The molecule has 0 radical (unpaired) electrons. The molecule has 106 valence electrons. The molecule has 2 rings (SSSR count). The van der Waals surface area contributed by atoms with Crippen LogP contribution in [0.3, 0.4) is 0 Å². The van der Waals surface area contributed by atoms with Gasteiger partial charge in [-0.1, -0.05) is 19.4 Å². The molecule has 20 heavy (non-hydrogen) atoms. The number of hydrogen-bond acceptors (Lipinski definition) is 5. The molecular weight excluding hydrogens is 272 g/mol. The zero-order valence-electron chi connectivity index (χ0n) is 11.4. The Bertz CT molecular complexity index is 541. The van der Waals surface area contributed by atoms with Crippen LogP contribution in [0.5, 0.6) is 0 Å². The van der Waals surface area contributed by atoms with Gasteiger partial charge < -0.3 is 10.6 Å². The summed E-state index contributed by atoms with van der Waals surface area (Å²) in [4.78, 5) is 20.2. The molecule has 0 spiro atoms. The van der Waals surface area contributed by atoms with Crippen LogP contribution < -0.4 is 10.6 Å². The Kier molecular flexibility index (Phi) is 5.49. The number of unbranched alkanes of at least 4 members (excludes halogenated alkanes) is 1. The number of thiazole rings is 1. The molecule has 0 aliphatic heterocycles. The van der Waals surface area contributed by atoms with Gasteiger partial charge in [0, 0.05) is 30.9 Å². The van der Waals surface area contributed by atoms with Crippen LogP contribution in [-0.2, 0) is 6.54 Å². The van der Waals surface area contributed by atoms with E-state index >= 15 is 0 Å². The van der Waals surface area contributed by atoms with E-state index in [2.05, 4.69) is 27.5 Å². The molecule has 2 aromatic rings. The highest BCUT2D eigenvalue weighted by Crippen LogP contribution is 2.15. The SMILES string of the molecule is CCCCNc1nc(C(=O)NCc2cccnc2)cs1. The summed E-state index contributed by atoms with van der Waals surface area (Å²) in [5.41, 5.74) is 1.43.